The third kappa shape index (κ3) is 3.87. The summed E-state index contributed by atoms with van der Waals surface area (Å²) in [5.74, 6) is 0. The lowest BCUT2D eigenvalue weighted by Crippen LogP contribution is -1.91. The van der Waals surface area contributed by atoms with Crippen LogP contribution in [0.5, 0.6) is 0 Å². The molecule has 0 saturated carbocycles. The van der Waals surface area contributed by atoms with Crippen LogP contribution in [0.3, 0.4) is 0 Å². The molecule has 0 aliphatic heterocycles. The van der Waals surface area contributed by atoms with Crippen LogP contribution in [0.1, 0.15) is 12.5 Å². The standard InChI is InChI=1S/C34H25P/c1-23(35)24-15-17-25(18-16-24)26-19-21-28(22-20-26)34-31-13-7-5-11-29(31)33(27-9-3-2-4-10-27)30-12-6-8-14-32(30)34/h2-22,35H,1H3. The van der Waals surface area contributed by atoms with Gasteiger partial charge in [0.25, 0.3) is 0 Å². The van der Waals surface area contributed by atoms with Crippen molar-refractivity contribution >= 4 is 35.7 Å². The average molecular weight is 465 g/mol. The first-order chi connectivity index (χ1) is 17.2. The maximum Gasteiger partial charge on any atom is -0.00264 e. The van der Waals surface area contributed by atoms with Gasteiger partial charge >= 0.3 is 0 Å². The van der Waals surface area contributed by atoms with E-state index in [0.29, 0.717) is 0 Å². The van der Waals surface area contributed by atoms with E-state index in [1.54, 1.807) is 0 Å². The lowest BCUT2D eigenvalue weighted by atomic mass is 9.86. The van der Waals surface area contributed by atoms with Crippen LogP contribution < -0.4 is 0 Å². The average Bonchev–Trinajstić information content (AvgIpc) is 2.92. The Hall–Kier alpha value is -3.99. The maximum absolute atomic E-state index is 3.63. The smallest absolute Gasteiger partial charge is 0.00264 e. The van der Waals surface area contributed by atoms with Crippen LogP contribution in [-0.2, 0) is 0 Å². The second-order valence-corrected chi connectivity index (χ2v) is 9.74. The third-order valence-electron chi connectivity index (χ3n) is 6.82. The minimum atomic E-state index is 1.14. The zero-order chi connectivity index (χ0) is 23.8. The molecule has 1 heteroatoms. The molecule has 0 aliphatic rings. The molecule has 0 N–H and O–H groups in total. The minimum Gasteiger partial charge on any atom is -0.118 e. The highest BCUT2D eigenvalue weighted by molar-refractivity contribution is 7.22. The number of hydrogen-bond donors (Lipinski definition) is 0. The Labute approximate surface area is 208 Å². The Morgan fingerprint density at radius 2 is 0.743 bits per heavy atom. The molecule has 166 valence electrons. The van der Waals surface area contributed by atoms with Gasteiger partial charge in [-0.05, 0) is 72.7 Å². The van der Waals surface area contributed by atoms with Crippen molar-refractivity contribution in [2.75, 3.05) is 0 Å². The van der Waals surface area contributed by atoms with Gasteiger partial charge < -0.3 is 0 Å². The Kier molecular flexibility index (Phi) is 5.53. The second-order valence-electron chi connectivity index (χ2n) is 8.99. The largest absolute Gasteiger partial charge is 0.118 e. The maximum atomic E-state index is 3.63. The summed E-state index contributed by atoms with van der Waals surface area (Å²) in [6.07, 6.45) is 0. The van der Waals surface area contributed by atoms with Crippen molar-refractivity contribution < 1.29 is 0 Å². The molecule has 6 aromatic rings. The highest BCUT2D eigenvalue weighted by Crippen LogP contribution is 2.43. The molecule has 6 rings (SSSR count). The fourth-order valence-electron chi connectivity index (χ4n) is 5.10. The SMILES string of the molecule is CC(=P)c1ccc(-c2ccc(-c3c4ccccc4c(-c4ccccc4)c4ccccc34)cc2)cc1. The molecule has 35 heavy (non-hydrogen) atoms. The summed E-state index contributed by atoms with van der Waals surface area (Å²) in [5.41, 5.74) is 8.74. The number of hydrogen-bond acceptors (Lipinski definition) is 0. The van der Waals surface area contributed by atoms with Gasteiger partial charge in [-0.25, -0.2) is 0 Å². The predicted octanol–water partition coefficient (Wildman–Crippen LogP) is 9.68. The minimum absolute atomic E-state index is 1.14. The van der Waals surface area contributed by atoms with Gasteiger partial charge in [0.05, 0.1) is 0 Å². The topological polar surface area (TPSA) is 0 Å². The molecule has 0 nitrogen and oxygen atoms in total. The summed E-state index contributed by atoms with van der Waals surface area (Å²) >= 11 is 0. The van der Waals surface area contributed by atoms with Crippen LogP contribution in [0.2, 0.25) is 0 Å². The van der Waals surface area contributed by atoms with E-state index in [9.17, 15) is 0 Å². The van der Waals surface area contributed by atoms with E-state index in [1.807, 2.05) is 0 Å². The highest BCUT2D eigenvalue weighted by atomic mass is 31.0. The van der Waals surface area contributed by atoms with Crippen molar-refractivity contribution in [3.8, 4) is 33.4 Å². The fraction of sp³-hybridized carbons (Fsp3) is 0.0294. The van der Waals surface area contributed by atoms with Crippen LogP contribution in [0.4, 0.5) is 0 Å². The fourth-order valence-corrected chi connectivity index (χ4v) is 5.26. The summed E-state index contributed by atoms with van der Waals surface area (Å²) in [6.45, 7) is 2.07. The molecule has 0 saturated heterocycles. The molecule has 0 amide bonds. The van der Waals surface area contributed by atoms with Gasteiger partial charge in [-0.1, -0.05) is 127 Å². The quantitative estimate of drug-likeness (QED) is 0.180. The zero-order valence-corrected chi connectivity index (χ0v) is 20.6. The van der Waals surface area contributed by atoms with Crippen LogP contribution in [0.25, 0.3) is 54.9 Å². The monoisotopic (exact) mass is 464 g/mol. The molecule has 6 aromatic carbocycles. The molecule has 0 unspecified atom stereocenters. The van der Waals surface area contributed by atoms with E-state index in [4.69, 9.17) is 0 Å². The third-order valence-corrected chi connectivity index (χ3v) is 7.11. The van der Waals surface area contributed by atoms with Gasteiger partial charge in [0.15, 0.2) is 0 Å². The first kappa shape index (κ1) is 21.5. The highest BCUT2D eigenvalue weighted by Gasteiger charge is 2.16. The van der Waals surface area contributed by atoms with Crippen LogP contribution in [0, 0.1) is 0 Å². The van der Waals surface area contributed by atoms with Crippen molar-refractivity contribution in [3.63, 3.8) is 0 Å². The molecule has 0 bridgehead atoms. The lowest BCUT2D eigenvalue weighted by molar-refractivity contribution is 1.59. The van der Waals surface area contributed by atoms with Gasteiger partial charge in [-0.3, -0.25) is 0 Å². The summed E-state index contributed by atoms with van der Waals surface area (Å²) in [5, 5.41) is 6.28. The Bertz CT molecular complexity index is 1620. The van der Waals surface area contributed by atoms with Crippen molar-refractivity contribution in [1.82, 2.24) is 0 Å². The zero-order valence-electron chi connectivity index (χ0n) is 19.6. The number of benzene rings is 6. The summed E-state index contributed by atoms with van der Waals surface area (Å²) in [7, 11) is 3.63. The van der Waals surface area contributed by atoms with Gasteiger partial charge in [0, 0.05) is 0 Å². The van der Waals surface area contributed by atoms with E-state index in [2.05, 4.69) is 143 Å². The van der Waals surface area contributed by atoms with Gasteiger partial charge in [-0.15, -0.1) is 8.86 Å². The molecular weight excluding hydrogens is 439 g/mol. The van der Waals surface area contributed by atoms with Crippen molar-refractivity contribution in [3.05, 3.63) is 133 Å². The molecule has 0 aliphatic carbocycles. The first-order valence-electron chi connectivity index (χ1n) is 12.0. The second kappa shape index (κ2) is 8.99. The van der Waals surface area contributed by atoms with Gasteiger partial charge in [0.1, 0.15) is 0 Å². The van der Waals surface area contributed by atoms with E-state index in [1.165, 1.54) is 60.5 Å². The Morgan fingerprint density at radius 3 is 1.17 bits per heavy atom. The summed E-state index contributed by atoms with van der Waals surface area (Å²) in [6, 6.07) is 46.1. The Balaban J connectivity index is 1.55. The summed E-state index contributed by atoms with van der Waals surface area (Å²) in [4.78, 5) is 0. The van der Waals surface area contributed by atoms with Crippen molar-refractivity contribution in [2.45, 2.75) is 6.92 Å². The first-order valence-corrected chi connectivity index (χ1v) is 12.5. The molecule has 0 heterocycles. The van der Waals surface area contributed by atoms with E-state index >= 15 is 0 Å². The van der Waals surface area contributed by atoms with E-state index < -0.39 is 0 Å². The lowest BCUT2D eigenvalue weighted by Gasteiger charge is -2.18. The van der Waals surface area contributed by atoms with E-state index in [0.717, 1.165) is 5.29 Å². The Morgan fingerprint density at radius 1 is 0.400 bits per heavy atom. The number of rotatable bonds is 4. The molecule has 0 aromatic heterocycles. The van der Waals surface area contributed by atoms with Crippen molar-refractivity contribution in [2.24, 2.45) is 0 Å². The van der Waals surface area contributed by atoms with Crippen LogP contribution >= 0.6 is 8.86 Å². The van der Waals surface area contributed by atoms with Crippen LogP contribution in [0.15, 0.2) is 127 Å². The predicted molar refractivity (Wildman–Crippen MR) is 156 cm³/mol. The normalized spacial score (nSPS) is 11.1. The number of fused-ring (bicyclic) bond motifs is 2. The molecule has 0 spiro atoms. The molecular formula is C34H25P. The van der Waals surface area contributed by atoms with Gasteiger partial charge in [0.2, 0.25) is 0 Å². The van der Waals surface area contributed by atoms with Crippen molar-refractivity contribution in [1.29, 1.82) is 0 Å². The van der Waals surface area contributed by atoms with Crippen LogP contribution in [-0.4, -0.2) is 5.29 Å². The molecule has 0 fully saturated rings. The molecule has 0 radical (unpaired) electrons. The van der Waals surface area contributed by atoms with Gasteiger partial charge in [-0.2, -0.15) is 0 Å². The van der Waals surface area contributed by atoms with E-state index in [-0.39, 0.29) is 0 Å². The summed E-state index contributed by atoms with van der Waals surface area (Å²) < 4.78 is 0. The molecule has 0 atom stereocenters.